The molecule has 1 aliphatic rings. The lowest BCUT2D eigenvalue weighted by Crippen LogP contribution is -2.03. The Kier molecular flexibility index (Phi) is 2.89. The minimum atomic E-state index is 0.554. The van der Waals surface area contributed by atoms with Gasteiger partial charge in [-0.25, -0.2) is 4.98 Å². The van der Waals surface area contributed by atoms with Crippen molar-refractivity contribution in [2.75, 3.05) is 5.73 Å². The Labute approximate surface area is 128 Å². The first-order valence-electron chi connectivity index (χ1n) is 7.22. The van der Waals surface area contributed by atoms with Crippen molar-refractivity contribution in [3.05, 3.63) is 58.9 Å². The van der Waals surface area contributed by atoms with Crippen molar-refractivity contribution in [2.45, 2.75) is 25.3 Å². The van der Waals surface area contributed by atoms with Gasteiger partial charge in [0.25, 0.3) is 0 Å². The van der Waals surface area contributed by atoms with Crippen LogP contribution in [0.1, 0.15) is 30.3 Å². The fourth-order valence-corrected chi connectivity index (χ4v) is 3.08. The van der Waals surface area contributed by atoms with Gasteiger partial charge in [0.05, 0.1) is 16.1 Å². The van der Waals surface area contributed by atoms with Gasteiger partial charge in [0, 0.05) is 18.2 Å². The molecule has 2 aromatic carbocycles. The van der Waals surface area contributed by atoms with Crippen LogP contribution in [0.5, 0.6) is 0 Å². The molecule has 0 aliphatic heterocycles. The number of imidazole rings is 1. The van der Waals surface area contributed by atoms with Crippen molar-refractivity contribution in [3.63, 3.8) is 0 Å². The lowest BCUT2D eigenvalue weighted by Gasteiger charge is -2.08. The van der Waals surface area contributed by atoms with Gasteiger partial charge >= 0.3 is 0 Å². The van der Waals surface area contributed by atoms with Gasteiger partial charge in [-0.2, -0.15) is 0 Å². The van der Waals surface area contributed by atoms with Crippen LogP contribution in [0.2, 0.25) is 5.02 Å². The van der Waals surface area contributed by atoms with E-state index in [-0.39, 0.29) is 0 Å². The molecule has 4 rings (SSSR count). The number of rotatable bonds is 3. The van der Waals surface area contributed by atoms with Crippen molar-refractivity contribution in [3.8, 4) is 0 Å². The second-order valence-electron chi connectivity index (χ2n) is 5.66. The van der Waals surface area contributed by atoms with Crippen LogP contribution in [-0.2, 0) is 6.42 Å². The SMILES string of the molecule is Nc1ccc(Cc2nc3cccc(Cl)c3n2C2CC2)cc1. The van der Waals surface area contributed by atoms with Gasteiger partial charge in [-0.15, -0.1) is 0 Å². The molecule has 1 aromatic heterocycles. The average Bonchev–Trinajstić information content (AvgIpc) is 3.24. The number of hydrogen-bond donors (Lipinski definition) is 1. The summed E-state index contributed by atoms with van der Waals surface area (Å²) in [6.07, 6.45) is 3.23. The first kappa shape index (κ1) is 12.7. The molecule has 3 nitrogen and oxygen atoms in total. The molecular formula is C17H16ClN3. The van der Waals surface area contributed by atoms with Crippen LogP contribution in [0.15, 0.2) is 42.5 Å². The molecule has 21 heavy (non-hydrogen) atoms. The monoisotopic (exact) mass is 297 g/mol. The third kappa shape index (κ3) is 2.28. The van der Waals surface area contributed by atoms with Crippen LogP contribution in [0.4, 0.5) is 5.69 Å². The van der Waals surface area contributed by atoms with Crippen LogP contribution in [0.25, 0.3) is 11.0 Å². The molecule has 0 radical (unpaired) electrons. The fraction of sp³-hybridized carbons (Fsp3) is 0.235. The molecule has 2 N–H and O–H groups in total. The number of hydrogen-bond acceptors (Lipinski definition) is 2. The highest BCUT2D eigenvalue weighted by molar-refractivity contribution is 6.35. The Morgan fingerprint density at radius 3 is 2.62 bits per heavy atom. The molecule has 1 fully saturated rings. The number of fused-ring (bicyclic) bond motifs is 1. The van der Waals surface area contributed by atoms with Crippen molar-refractivity contribution in [1.29, 1.82) is 0 Å². The number of anilines is 1. The first-order valence-corrected chi connectivity index (χ1v) is 7.60. The topological polar surface area (TPSA) is 43.8 Å². The van der Waals surface area contributed by atoms with Crippen LogP contribution in [-0.4, -0.2) is 9.55 Å². The van der Waals surface area contributed by atoms with Crippen LogP contribution in [0.3, 0.4) is 0 Å². The predicted octanol–water partition coefficient (Wildman–Crippen LogP) is 4.20. The van der Waals surface area contributed by atoms with E-state index in [1.54, 1.807) is 0 Å². The summed E-state index contributed by atoms with van der Waals surface area (Å²) < 4.78 is 2.33. The van der Waals surface area contributed by atoms with Crippen LogP contribution < -0.4 is 5.73 Å². The number of aromatic nitrogens is 2. The van der Waals surface area contributed by atoms with E-state index in [0.29, 0.717) is 6.04 Å². The van der Waals surface area contributed by atoms with E-state index in [1.165, 1.54) is 18.4 Å². The van der Waals surface area contributed by atoms with Gasteiger partial charge in [0.15, 0.2) is 0 Å². The molecule has 1 aliphatic carbocycles. The molecule has 0 bridgehead atoms. The maximum atomic E-state index is 6.39. The minimum Gasteiger partial charge on any atom is -0.399 e. The van der Waals surface area contributed by atoms with E-state index in [1.807, 2.05) is 30.3 Å². The zero-order valence-electron chi connectivity index (χ0n) is 11.6. The van der Waals surface area contributed by atoms with Gasteiger partial charge in [-0.3, -0.25) is 0 Å². The van der Waals surface area contributed by atoms with E-state index in [0.717, 1.165) is 34.0 Å². The molecular weight excluding hydrogens is 282 g/mol. The second-order valence-corrected chi connectivity index (χ2v) is 6.06. The molecule has 0 atom stereocenters. The van der Waals surface area contributed by atoms with Gasteiger partial charge in [-0.05, 0) is 42.7 Å². The summed E-state index contributed by atoms with van der Waals surface area (Å²) in [4.78, 5) is 4.80. The summed E-state index contributed by atoms with van der Waals surface area (Å²) in [5, 5.41) is 0.787. The summed E-state index contributed by atoms with van der Waals surface area (Å²) in [6.45, 7) is 0. The Balaban J connectivity index is 1.82. The van der Waals surface area contributed by atoms with Gasteiger partial charge in [0.1, 0.15) is 5.82 Å². The molecule has 0 saturated heterocycles. The number of para-hydroxylation sites is 1. The highest BCUT2D eigenvalue weighted by Gasteiger charge is 2.28. The molecule has 0 spiro atoms. The Bertz CT molecular complexity index is 801. The molecule has 3 aromatic rings. The van der Waals surface area contributed by atoms with E-state index in [4.69, 9.17) is 22.3 Å². The summed E-state index contributed by atoms with van der Waals surface area (Å²) in [5.41, 5.74) is 9.82. The quantitative estimate of drug-likeness (QED) is 0.736. The van der Waals surface area contributed by atoms with Gasteiger partial charge in [0.2, 0.25) is 0 Å². The third-order valence-electron chi connectivity index (χ3n) is 3.99. The smallest absolute Gasteiger partial charge is 0.114 e. The zero-order chi connectivity index (χ0) is 14.4. The Morgan fingerprint density at radius 2 is 1.90 bits per heavy atom. The summed E-state index contributed by atoms with van der Waals surface area (Å²) >= 11 is 6.39. The number of nitrogens with zero attached hydrogens (tertiary/aromatic N) is 2. The standard InChI is InChI=1S/C17H16ClN3/c18-14-2-1-3-15-17(14)21(13-8-9-13)16(20-15)10-11-4-6-12(19)7-5-11/h1-7,13H,8-10,19H2. The lowest BCUT2D eigenvalue weighted by molar-refractivity contribution is 0.716. The third-order valence-corrected chi connectivity index (χ3v) is 4.29. The summed E-state index contributed by atoms with van der Waals surface area (Å²) in [7, 11) is 0. The molecule has 106 valence electrons. The molecule has 0 amide bonds. The molecule has 1 saturated carbocycles. The predicted molar refractivity (Wildman–Crippen MR) is 86.7 cm³/mol. The fourth-order valence-electron chi connectivity index (χ4n) is 2.82. The zero-order valence-corrected chi connectivity index (χ0v) is 12.3. The molecule has 4 heteroatoms. The van der Waals surface area contributed by atoms with Crippen molar-refractivity contribution in [2.24, 2.45) is 0 Å². The normalized spacial score (nSPS) is 14.7. The summed E-state index contributed by atoms with van der Waals surface area (Å²) in [5.74, 6) is 1.09. The van der Waals surface area contributed by atoms with E-state index >= 15 is 0 Å². The van der Waals surface area contributed by atoms with E-state index < -0.39 is 0 Å². The van der Waals surface area contributed by atoms with Crippen molar-refractivity contribution < 1.29 is 0 Å². The molecule has 1 heterocycles. The maximum Gasteiger partial charge on any atom is 0.114 e. The van der Waals surface area contributed by atoms with Crippen LogP contribution in [0, 0.1) is 0 Å². The highest BCUT2D eigenvalue weighted by Crippen LogP contribution is 2.40. The average molecular weight is 298 g/mol. The summed E-state index contributed by atoms with van der Waals surface area (Å²) in [6, 6.07) is 14.5. The number of nitrogens with two attached hydrogens (primary N) is 1. The van der Waals surface area contributed by atoms with Crippen molar-refractivity contribution in [1.82, 2.24) is 9.55 Å². The Morgan fingerprint density at radius 1 is 1.14 bits per heavy atom. The first-order chi connectivity index (χ1) is 10.2. The Hall–Kier alpha value is -2.00. The van der Waals surface area contributed by atoms with Gasteiger partial charge < -0.3 is 10.3 Å². The number of benzene rings is 2. The van der Waals surface area contributed by atoms with E-state index in [2.05, 4.69) is 16.7 Å². The highest BCUT2D eigenvalue weighted by atomic mass is 35.5. The second kappa shape index (κ2) is 4.78. The lowest BCUT2D eigenvalue weighted by atomic mass is 10.1. The maximum absolute atomic E-state index is 6.39. The number of nitrogen functional groups attached to an aromatic ring is 1. The van der Waals surface area contributed by atoms with Crippen molar-refractivity contribution >= 4 is 28.3 Å². The minimum absolute atomic E-state index is 0.554. The largest absolute Gasteiger partial charge is 0.399 e. The van der Waals surface area contributed by atoms with Gasteiger partial charge in [-0.1, -0.05) is 29.8 Å². The number of halogens is 1. The molecule has 0 unspecified atom stereocenters. The van der Waals surface area contributed by atoms with Crippen LogP contribution >= 0.6 is 11.6 Å². The van der Waals surface area contributed by atoms with E-state index in [9.17, 15) is 0 Å².